The smallest absolute Gasteiger partial charge is 0.140 e. The Labute approximate surface area is 80.7 Å². The summed E-state index contributed by atoms with van der Waals surface area (Å²) in [6.07, 6.45) is 1.67. The molecule has 0 aliphatic heterocycles. The van der Waals surface area contributed by atoms with Crippen LogP contribution in [0.15, 0.2) is 24.4 Å². The number of aliphatic hydroxyl groups is 1. The number of nitrogen functional groups attached to an aromatic ring is 1. The molecule has 0 bridgehead atoms. The Hall–Kier alpha value is -1.75. The second-order valence-electron chi connectivity index (χ2n) is 2.86. The Morgan fingerprint density at radius 1 is 1.50 bits per heavy atom. The molecular formula is C9H11N3O2. The number of aromatic nitrogens is 2. The van der Waals surface area contributed by atoms with Crippen LogP contribution in [0.1, 0.15) is 0 Å². The fraction of sp³-hybridized carbons (Fsp3) is 0.222. The van der Waals surface area contributed by atoms with Gasteiger partial charge in [-0.05, 0) is 6.07 Å². The summed E-state index contributed by atoms with van der Waals surface area (Å²) in [5, 5.41) is 13.5. The third kappa shape index (κ3) is 1.38. The van der Waals surface area contributed by atoms with Crippen LogP contribution >= 0.6 is 0 Å². The van der Waals surface area contributed by atoms with Gasteiger partial charge in [-0.15, -0.1) is 5.10 Å². The highest BCUT2D eigenvalue weighted by Crippen LogP contribution is 2.18. The van der Waals surface area contributed by atoms with E-state index in [0.717, 1.165) is 10.9 Å². The number of benzene rings is 1. The second-order valence-corrected chi connectivity index (χ2v) is 2.86. The maximum atomic E-state index is 8.61. The summed E-state index contributed by atoms with van der Waals surface area (Å²) >= 11 is 0. The quantitative estimate of drug-likeness (QED) is 0.675. The molecule has 14 heavy (non-hydrogen) atoms. The van der Waals surface area contributed by atoms with Crippen LogP contribution in [0.5, 0.6) is 0 Å². The zero-order valence-electron chi connectivity index (χ0n) is 7.55. The molecule has 0 saturated heterocycles. The fourth-order valence-electron chi connectivity index (χ4n) is 1.30. The largest absolute Gasteiger partial charge is 0.397 e. The van der Waals surface area contributed by atoms with Crippen molar-refractivity contribution in [2.24, 2.45) is 0 Å². The minimum atomic E-state index is -0.0475. The van der Waals surface area contributed by atoms with E-state index in [0.29, 0.717) is 5.69 Å². The van der Waals surface area contributed by atoms with Gasteiger partial charge in [0.1, 0.15) is 12.1 Å². The summed E-state index contributed by atoms with van der Waals surface area (Å²) in [6.45, 7) is 0.152. The average Bonchev–Trinajstić information content (AvgIpc) is 2.59. The van der Waals surface area contributed by atoms with Crippen LogP contribution in [0.4, 0.5) is 5.69 Å². The molecule has 3 N–H and O–H groups in total. The number of nitrogens with zero attached hydrogens (tertiary/aromatic N) is 2. The van der Waals surface area contributed by atoms with Crippen molar-refractivity contribution in [3.63, 3.8) is 0 Å². The van der Waals surface area contributed by atoms with E-state index in [-0.39, 0.29) is 13.2 Å². The zero-order valence-corrected chi connectivity index (χ0v) is 7.55. The maximum absolute atomic E-state index is 8.61. The van der Waals surface area contributed by atoms with Crippen LogP contribution in [0.3, 0.4) is 0 Å². The molecule has 5 nitrogen and oxygen atoms in total. The Morgan fingerprint density at radius 3 is 3.14 bits per heavy atom. The topological polar surface area (TPSA) is 73.3 Å². The normalized spacial score (nSPS) is 10.6. The molecule has 5 heteroatoms. The van der Waals surface area contributed by atoms with Gasteiger partial charge in [-0.25, -0.2) is 0 Å². The summed E-state index contributed by atoms with van der Waals surface area (Å²) in [5.74, 6) is 0. The number of rotatable bonds is 3. The van der Waals surface area contributed by atoms with E-state index in [4.69, 9.17) is 15.7 Å². The van der Waals surface area contributed by atoms with Crippen LogP contribution in [0.2, 0.25) is 0 Å². The highest BCUT2D eigenvalue weighted by Gasteiger charge is 2.05. The van der Waals surface area contributed by atoms with Crippen molar-refractivity contribution in [2.45, 2.75) is 0 Å². The summed E-state index contributed by atoms with van der Waals surface area (Å²) in [5.41, 5.74) is 7.12. The molecule has 0 aliphatic rings. The molecule has 0 fully saturated rings. The molecule has 0 unspecified atom stereocenters. The molecule has 1 aromatic carbocycles. The summed E-state index contributed by atoms with van der Waals surface area (Å²) in [6, 6.07) is 5.54. The van der Waals surface area contributed by atoms with E-state index in [1.165, 1.54) is 4.85 Å². The number of anilines is 1. The highest BCUT2D eigenvalue weighted by atomic mass is 16.7. The molecule has 0 aliphatic carbocycles. The first kappa shape index (κ1) is 8.83. The van der Waals surface area contributed by atoms with E-state index in [9.17, 15) is 0 Å². The van der Waals surface area contributed by atoms with Gasteiger partial charge in [-0.1, -0.05) is 17.0 Å². The van der Waals surface area contributed by atoms with Gasteiger partial charge in [0.2, 0.25) is 0 Å². The monoisotopic (exact) mass is 193 g/mol. The Bertz CT molecular complexity index is 439. The van der Waals surface area contributed by atoms with Crippen molar-refractivity contribution in [3.05, 3.63) is 24.4 Å². The first-order chi connectivity index (χ1) is 6.83. The van der Waals surface area contributed by atoms with Gasteiger partial charge in [0.25, 0.3) is 0 Å². The fourth-order valence-corrected chi connectivity index (χ4v) is 1.30. The van der Waals surface area contributed by atoms with Gasteiger partial charge in [-0.2, -0.15) is 0 Å². The summed E-state index contributed by atoms with van der Waals surface area (Å²) in [7, 11) is 0. The average molecular weight is 193 g/mol. The van der Waals surface area contributed by atoms with Crippen LogP contribution < -0.4 is 10.6 Å². The molecule has 0 radical (unpaired) electrons. The van der Waals surface area contributed by atoms with Crippen molar-refractivity contribution < 1.29 is 9.94 Å². The molecule has 1 aromatic heterocycles. The van der Waals surface area contributed by atoms with E-state index >= 15 is 0 Å². The standard InChI is InChI=1S/C9H11N3O2/c10-8-3-1-2-7-6-11-12(9(7)8)14-5-4-13/h1-3,6,13H,4-5,10H2. The molecule has 2 aromatic rings. The molecule has 0 amide bonds. The minimum absolute atomic E-state index is 0.0475. The lowest BCUT2D eigenvalue weighted by atomic mass is 10.2. The third-order valence-corrected chi connectivity index (χ3v) is 1.90. The minimum Gasteiger partial charge on any atom is -0.397 e. The maximum Gasteiger partial charge on any atom is 0.140 e. The zero-order chi connectivity index (χ0) is 9.97. The van der Waals surface area contributed by atoms with Crippen molar-refractivity contribution in [1.82, 2.24) is 9.94 Å². The molecule has 0 saturated carbocycles. The molecule has 1 heterocycles. The van der Waals surface area contributed by atoms with E-state index in [2.05, 4.69) is 5.10 Å². The van der Waals surface area contributed by atoms with Gasteiger partial charge >= 0.3 is 0 Å². The molecule has 74 valence electrons. The SMILES string of the molecule is Nc1cccc2cnn(OCCO)c12. The number of nitrogens with two attached hydrogens (primary N) is 1. The highest BCUT2D eigenvalue weighted by molar-refractivity contribution is 5.89. The van der Waals surface area contributed by atoms with Crippen LogP contribution in [-0.2, 0) is 0 Å². The number of fused-ring (bicyclic) bond motifs is 1. The molecular weight excluding hydrogens is 182 g/mol. The lowest BCUT2D eigenvalue weighted by Crippen LogP contribution is -2.16. The van der Waals surface area contributed by atoms with Crippen LogP contribution in [-0.4, -0.2) is 28.3 Å². The number of hydrogen-bond acceptors (Lipinski definition) is 4. The molecule has 2 rings (SSSR count). The predicted molar refractivity (Wildman–Crippen MR) is 52.7 cm³/mol. The molecule has 0 atom stereocenters. The van der Waals surface area contributed by atoms with E-state index < -0.39 is 0 Å². The summed E-state index contributed by atoms with van der Waals surface area (Å²) < 4.78 is 0. The Kier molecular flexibility index (Phi) is 2.24. The predicted octanol–water partition coefficient (Wildman–Crippen LogP) is 0.0394. The van der Waals surface area contributed by atoms with Gasteiger partial charge in [0.05, 0.1) is 18.5 Å². The van der Waals surface area contributed by atoms with Gasteiger partial charge in [0, 0.05) is 5.39 Å². The number of aliphatic hydroxyl groups excluding tert-OH is 1. The Balaban J connectivity index is 2.45. The Morgan fingerprint density at radius 2 is 2.36 bits per heavy atom. The lowest BCUT2D eigenvalue weighted by molar-refractivity contribution is 0.0618. The van der Waals surface area contributed by atoms with Crippen molar-refractivity contribution in [3.8, 4) is 0 Å². The van der Waals surface area contributed by atoms with Gasteiger partial charge in [0.15, 0.2) is 0 Å². The van der Waals surface area contributed by atoms with Gasteiger partial charge in [-0.3, -0.25) is 0 Å². The number of hydrogen-bond donors (Lipinski definition) is 2. The first-order valence-electron chi connectivity index (χ1n) is 4.29. The summed E-state index contributed by atoms with van der Waals surface area (Å²) in [4.78, 5) is 6.50. The second kappa shape index (κ2) is 3.55. The van der Waals surface area contributed by atoms with Crippen molar-refractivity contribution in [1.29, 1.82) is 0 Å². The van der Waals surface area contributed by atoms with Gasteiger partial charge < -0.3 is 15.7 Å². The van der Waals surface area contributed by atoms with Crippen LogP contribution in [0.25, 0.3) is 10.9 Å². The van der Waals surface area contributed by atoms with Crippen molar-refractivity contribution in [2.75, 3.05) is 18.9 Å². The van der Waals surface area contributed by atoms with E-state index in [1.807, 2.05) is 12.1 Å². The number of para-hydroxylation sites is 1. The lowest BCUT2D eigenvalue weighted by Gasteiger charge is -2.05. The molecule has 0 spiro atoms. The van der Waals surface area contributed by atoms with E-state index in [1.54, 1.807) is 12.3 Å². The van der Waals surface area contributed by atoms with Crippen LogP contribution in [0, 0.1) is 0 Å². The first-order valence-corrected chi connectivity index (χ1v) is 4.29. The third-order valence-electron chi connectivity index (χ3n) is 1.90. The van der Waals surface area contributed by atoms with Crippen molar-refractivity contribution >= 4 is 16.6 Å².